The molecule has 10 rings (SSSR count). The number of pyridine rings is 1. The van der Waals surface area contributed by atoms with Gasteiger partial charge in [0, 0.05) is 71.7 Å². The lowest BCUT2D eigenvalue weighted by Crippen LogP contribution is -2.41. The van der Waals surface area contributed by atoms with Gasteiger partial charge in [-0.15, -0.1) is 0 Å². The maximum Gasteiger partial charge on any atom is 0.497 e. The molecule has 1 aromatic carbocycles. The molecule has 1 fully saturated rings. The number of hydrogen-bond acceptors (Lipinski definition) is 33. The number of sulfone groups is 1. The fraction of sp³-hybridized carbons (Fsp3) is 0.558. The number of nitrogens with zero attached hydrogens (tertiary/aromatic N) is 14. The molecule has 0 bridgehead atoms. The Hall–Kier alpha value is -7.09. The van der Waals surface area contributed by atoms with Crippen LogP contribution in [0.2, 0.25) is 31.7 Å². The molecule has 137 heavy (non-hydrogen) atoms. The topological polar surface area (TPSA) is 412 Å². The summed E-state index contributed by atoms with van der Waals surface area (Å²) in [5, 5.41) is 26.9. The number of carbonyl (C=O) groups is 1. The summed E-state index contributed by atoms with van der Waals surface area (Å²) in [4.78, 5) is 59.2. The Morgan fingerprint density at radius 2 is 0.803 bits per heavy atom. The van der Waals surface area contributed by atoms with Crippen LogP contribution in [0.1, 0.15) is 172 Å². The van der Waals surface area contributed by atoms with Gasteiger partial charge in [0.25, 0.3) is 20.1 Å². The molecular formula is C86H124BCl6F7N20O11S6. The number of aromatic nitrogens is 14. The summed E-state index contributed by atoms with van der Waals surface area (Å²) in [6, 6.07) is 6.46. The van der Waals surface area contributed by atoms with Crippen LogP contribution >= 0.6 is 106 Å². The largest absolute Gasteiger partial charge is 0.497 e. The summed E-state index contributed by atoms with van der Waals surface area (Å²) in [7, 11) is -11.6. The van der Waals surface area contributed by atoms with E-state index in [1.807, 2.05) is 145 Å². The first-order valence-corrected chi connectivity index (χ1v) is 52.1. The van der Waals surface area contributed by atoms with Crippen molar-refractivity contribution in [3.05, 3.63) is 158 Å². The molecule has 9 heterocycles. The number of thioether (sulfide) groups is 2. The second-order valence-electron chi connectivity index (χ2n) is 38.4. The van der Waals surface area contributed by atoms with Crippen LogP contribution in [-0.2, 0) is 48.3 Å². The zero-order chi connectivity index (χ0) is 104. The number of nitrogens with one attached hydrogen (secondary N) is 6. The normalized spacial score (nSPS) is 14.6. The number of anilines is 6. The number of aliphatic hydroxyl groups is 1. The van der Waals surface area contributed by atoms with Gasteiger partial charge in [-0.25, -0.2) is 86.4 Å². The summed E-state index contributed by atoms with van der Waals surface area (Å²) < 4.78 is 184. The summed E-state index contributed by atoms with van der Waals surface area (Å²) in [6.45, 7) is 46.1. The van der Waals surface area contributed by atoms with Crippen molar-refractivity contribution in [3.63, 3.8) is 0 Å². The standard InChI is InChI=1S/C20H22BFN2O4S.C12H17ClFN3OS.C11H17ClFN3O3S.C11H17ClFN3O2S.C11H17ClFN3S.C10H15ClFN3O.C10H15ClFN3S.CH4/c1-13-6-8-15(9-7-13)29(25,26)24-12-17(16-10-14(22)11-23-18(16)24)21-27-19(2,3)20(4,5)28-21;1-7(18)19-6-9(12(2,3)4)16-10-8(14)5-15-11(13)17-10;1-11(2,3)8(6-19-20(4,17)18)15-9-7(13)5-14-10(12)16-9;1-11(2,3)8(6-19(4,17)18)15-9-7(13)5-14-10(12)16-9;1-11(2,3)8(6-17-4)15-9-7(13)5-14-10(12)16-9;2*1-10(2,3)7(5-16)14-8-6(12)4-13-9(11)15-8;/h6-12H,1-5H3;5,9H,6H2,1-4H3,(H,15,16,17);5,8H,6H2,1-4H3,(H,14,15,16);5,8H,6H2,1-4H3,(H,14,15,16);5,8H,6H2,1-4H3,(H,14,15,16);2*4,7,16H,5H2,1-3H3,(H,13,14,15);1H4/t;9-;3*8-;2*7-;/m.111111./s1. The monoisotopic (exact) mass is 2160 g/mol. The van der Waals surface area contributed by atoms with Crippen molar-refractivity contribution in [1.29, 1.82) is 0 Å². The fourth-order valence-corrected chi connectivity index (χ4v) is 17.1. The number of fused-ring (bicyclic) bond motifs is 1. The number of halogens is 13. The molecule has 31 nitrogen and oxygen atoms in total. The number of hydrogen-bond donors (Lipinski definition) is 8. The first-order valence-electron chi connectivity index (χ1n) is 41.5. The summed E-state index contributed by atoms with van der Waals surface area (Å²) in [6.07, 6.45) is 12.5. The van der Waals surface area contributed by atoms with Gasteiger partial charge in [0.1, 0.15) is 15.7 Å². The maximum atomic E-state index is 14.0. The van der Waals surface area contributed by atoms with Gasteiger partial charge in [0.15, 0.2) is 80.6 Å². The zero-order valence-corrected chi connectivity index (χ0v) is 90.0. The van der Waals surface area contributed by atoms with E-state index in [-0.39, 0.29) is 154 Å². The third kappa shape index (κ3) is 41.4. The van der Waals surface area contributed by atoms with Gasteiger partial charge in [0.05, 0.1) is 96.8 Å². The van der Waals surface area contributed by atoms with Crippen molar-refractivity contribution in [1.82, 2.24) is 68.8 Å². The second-order valence-corrected chi connectivity index (χ2v) is 48.6. The zero-order valence-electron chi connectivity index (χ0n) is 80.5. The molecule has 0 unspecified atom stereocenters. The Labute approximate surface area is 844 Å². The van der Waals surface area contributed by atoms with E-state index in [0.29, 0.717) is 22.4 Å². The highest BCUT2D eigenvalue weighted by atomic mass is 35.5. The summed E-state index contributed by atoms with van der Waals surface area (Å²) >= 11 is 40.8. The predicted octanol–water partition coefficient (Wildman–Crippen LogP) is 19.8. The summed E-state index contributed by atoms with van der Waals surface area (Å²) in [5.74, 6) is -2.07. The Morgan fingerprint density at radius 3 is 1.09 bits per heavy atom. The highest BCUT2D eigenvalue weighted by molar-refractivity contribution is 8.13. The minimum absolute atomic E-state index is 0. The van der Waals surface area contributed by atoms with Gasteiger partial charge in [-0.05, 0) is 161 Å². The molecule has 51 heteroatoms. The number of aliphatic hydroxyl groups excluding tert-OH is 1. The molecule has 764 valence electrons. The van der Waals surface area contributed by atoms with Crippen molar-refractivity contribution in [2.75, 3.05) is 86.9 Å². The van der Waals surface area contributed by atoms with Crippen LogP contribution in [0.4, 0.5) is 65.6 Å². The Balaban J connectivity index is 0.000000415. The van der Waals surface area contributed by atoms with E-state index in [0.717, 1.165) is 71.2 Å². The van der Waals surface area contributed by atoms with E-state index in [2.05, 4.69) is 130 Å². The number of carbonyl (C=O) groups excluding carboxylic acids is 1. The van der Waals surface area contributed by atoms with Crippen LogP contribution in [0, 0.1) is 80.1 Å². The van der Waals surface area contributed by atoms with E-state index in [9.17, 15) is 65.9 Å². The van der Waals surface area contributed by atoms with Crippen molar-refractivity contribution in [3.8, 4) is 0 Å². The fourth-order valence-electron chi connectivity index (χ4n) is 10.9. The number of benzene rings is 1. The molecule has 1 aliphatic heterocycles. The third-order valence-electron chi connectivity index (χ3n) is 20.2. The SMILES string of the molecule is C.CC(=O)SC[C@@H](Nc1nc(Cl)ncc1F)C(C)(C)C.CC(C)(C)[C@@H](CO)Nc1nc(Cl)ncc1F.CC(C)(C)[C@@H](COS(C)(=O)=O)Nc1nc(Cl)ncc1F.CC(C)(C)[C@@H](CS(C)(=O)=O)Nc1nc(Cl)ncc1F.CC(C)(C)[C@@H](CS)Nc1nc(Cl)ncc1F.CSC[C@@H](Nc1nc(Cl)ncc1F)C(C)(C)C.Cc1ccc(S(=O)(=O)n2cc(B3OC(C)(C)C(C)(C)O3)c3cc(F)cnc32)cc1. The highest BCUT2D eigenvalue weighted by Gasteiger charge is 2.53. The van der Waals surface area contributed by atoms with Crippen molar-refractivity contribution in [2.24, 2.45) is 32.5 Å². The Bertz CT molecular complexity index is 5740. The molecule has 1 aliphatic rings. The Morgan fingerprint density at radius 1 is 0.496 bits per heavy atom. The van der Waals surface area contributed by atoms with Crippen LogP contribution in [0.5, 0.6) is 0 Å². The number of rotatable bonds is 26. The molecule has 7 N–H and O–H groups in total. The average Bonchev–Trinajstić information content (AvgIpc) is 1.58. The summed E-state index contributed by atoms with van der Waals surface area (Å²) in [5.41, 5.74) is -0.978. The van der Waals surface area contributed by atoms with Crippen LogP contribution in [0.3, 0.4) is 0 Å². The van der Waals surface area contributed by atoms with E-state index in [1.54, 1.807) is 23.9 Å². The van der Waals surface area contributed by atoms with E-state index >= 15 is 0 Å². The van der Waals surface area contributed by atoms with Gasteiger partial charge in [-0.1, -0.05) is 162 Å². The molecule has 1 saturated heterocycles. The molecule has 0 amide bonds. The van der Waals surface area contributed by atoms with Gasteiger partial charge >= 0.3 is 7.12 Å². The predicted molar refractivity (Wildman–Crippen MR) is 542 cm³/mol. The first-order chi connectivity index (χ1) is 62.1. The Kier molecular flexibility index (Phi) is 47.3. The lowest BCUT2D eigenvalue weighted by atomic mass is 9.79. The maximum absolute atomic E-state index is 14.0. The number of aryl methyl sites for hydroxylation is 1. The van der Waals surface area contributed by atoms with Crippen molar-refractivity contribution < 1.29 is 79.4 Å². The molecule has 0 spiro atoms. The smallest absolute Gasteiger partial charge is 0.399 e. The minimum atomic E-state index is -3.94. The highest BCUT2D eigenvalue weighted by Crippen LogP contribution is 2.39. The van der Waals surface area contributed by atoms with Crippen LogP contribution in [-0.4, -0.2) is 214 Å². The third-order valence-corrected chi connectivity index (χ3v) is 26.4. The van der Waals surface area contributed by atoms with Crippen LogP contribution in [0.15, 0.2) is 84.8 Å². The molecule has 0 aliphatic carbocycles. The quantitative estimate of drug-likeness (QED) is 0.00820. The molecule has 8 aromatic heterocycles. The van der Waals surface area contributed by atoms with Gasteiger partial charge in [0.2, 0.25) is 31.7 Å². The average molecular weight is 2160 g/mol. The van der Waals surface area contributed by atoms with Crippen molar-refractivity contribution in [2.45, 2.75) is 226 Å². The molecule has 0 saturated carbocycles. The van der Waals surface area contributed by atoms with Gasteiger partial charge in [-0.3, -0.25) is 8.98 Å². The molecule has 0 radical (unpaired) electrons. The second kappa shape index (κ2) is 52.3. The van der Waals surface area contributed by atoms with E-state index < -0.39 is 112 Å². The van der Waals surface area contributed by atoms with Crippen molar-refractivity contribution >= 4 is 199 Å². The number of thiol groups is 1. The molecule has 9 aromatic rings. The molecule has 6 atom stereocenters. The lowest BCUT2D eigenvalue weighted by molar-refractivity contribution is -0.109. The lowest BCUT2D eigenvalue weighted by Gasteiger charge is -2.32. The van der Waals surface area contributed by atoms with E-state index in [1.165, 1.54) is 43.1 Å². The minimum Gasteiger partial charge on any atom is -0.399 e. The van der Waals surface area contributed by atoms with E-state index in [4.69, 9.17) is 83.1 Å². The van der Waals surface area contributed by atoms with Gasteiger partial charge in [-0.2, -0.15) is 62.7 Å². The van der Waals surface area contributed by atoms with Crippen LogP contribution < -0.4 is 37.4 Å². The first kappa shape index (κ1) is 124. The van der Waals surface area contributed by atoms with Gasteiger partial charge < -0.3 is 46.3 Å². The van der Waals surface area contributed by atoms with Crippen LogP contribution in [0.25, 0.3) is 11.0 Å². The molecular weight excluding hydrogens is 2040 g/mol.